The molecule has 2 amide bonds. The van der Waals surface area contributed by atoms with Crippen molar-refractivity contribution in [1.82, 2.24) is 10.6 Å². The van der Waals surface area contributed by atoms with Crippen molar-refractivity contribution in [3.8, 4) is 0 Å². The molecule has 24 atom stereocenters. The largest absolute Gasteiger partial charge is 0.455 e. The van der Waals surface area contributed by atoms with Crippen LogP contribution in [0, 0.1) is 45.3 Å². The molecule has 4 saturated carbocycles. The van der Waals surface area contributed by atoms with Crippen LogP contribution in [0.3, 0.4) is 0 Å². The molecule has 15 rings (SSSR count). The molecule has 0 spiro atoms. The van der Waals surface area contributed by atoms with E-state index in [9.17, 15) is 39.0 Å². The van der Waals surface area contributed by atoms with Gasteiger partial charge >= 0.3 is 59.7 Å². The summed E-state index contributed by atoms with van der Waals surface area (Å²) in [5.74, 6) is -21.9. The molecule has 3 aliphatic heterocycles. The van der Waals surface area contributed by atoms with Gasteiger partial charge in [-0.2, -0.15) is 0 Å². The Morgan fingerprint density at radius 1 is 0.407 bits per heavy atom. The average molecular weight is 1860 g/mol. The van der Waals surface area contributed by atoms with Crippen molar-refractivity contribution in [2.75, 3.05) is 13.2 Å². The fourth-order valence-corrected chi connectivity index (χ4v) is 22.7. The van der Waals surface area contributed by atoms with Crippen LogP contribution >= 0.6 is 0 Å². The van der Waals surface area contributed by atoms with Gasteiger partial charge in [-0.3, -0.25) is 38.4 Å². The molecule has 6 aromatic carbocycles. The van der Waals surface area contributed by atoms with Crippen LogP contribution in [0.25, 0.3) is 0 Å². The quantitative estimate of drug-likeness (QED) is 0.0248. The van der Waals surface area contributed by atoms with Crippen LogP contribution in [0.15, 0.2) is 204 Å². The molecule has 7 fully saturated rings. The minimum atomic E-state index is -2.62. The first kappa shape index (κ1) is 97.1. The molecule has 4 N–H and O–H groups in total. The standard InChI is InChI=1S/C103H112N2O30/c1-53-47-69-100(51-122-69,132-59(7)108)81-85(130-89(114)65-43-31-21-32-44-65)102(120)49-67(55(3)71(95(102,9)10)75(124-57(5)106)83(110)98(53,81)15)126-91(116)77(73(61-35-23-17-24-36-61)104-87(112)63-39-27-19-28-40-63)128-93(118)79-80(135-97(13,14)134-79)94(119)129-78(74(62-37-25-18-26-38-62)105-88(113)64-41-29-20-30-42-64)92(117)127-68-50-103(121)86(131-90(115)66-45-33-22-34-46-66)82-99(16,54(2)48-70-101(82,52-123-70)133-60(8)109)84(111)76(125-58(6)107)72(56(68)4)96(103,11)12/h17-46,53-54,67-70,73-82,85-86,120-121H,47-52H2,1-16H3,(H,104,112)(H,105,113)/t53-,54-,67-,68-,69+,70+,73-,74+,75+,76+,77+,78+,79+,80+,81?,82?,85-,86-,98+,99+,100-,101-,102+,103+/m0/s1. The number of hydrogen-bond acceptors (Lipinski definition) is 30. The highest BCUT2D eigenvalue weighted by atomic mass is 16.8. The number of benzene rings is 6. The van der Waals surface area contributed by atoms with Crippen molar-refractivity contribution in [3.05, 3.63) is 238 Å². The summed E-state index contributed by atoms with van der Waals surface area (Å²) < 4.78 is 90.0. The lowest BCUT2D eigenvalue weighted by Crippen LogP contribution is -2.80. The monoisotopic (exact) mass is 1860 g/mol. The van der Waals surface area contributed by atoms with E-state index < -0.39 is 255 Å². The van der Waals surface area contributed by atoms with Gasteiger partial charge in [-0.25, -0.2) is 28.8 Å². The number of hydrogen-bond donors (Lipinski definition) is 4. The highest BCUT2D eigenvalue weighted by Gasteiger charge is 2.81. The number of nitrogens with one attached hydrogen (secondary N) is 2. The number of ketones is 2. The summed E-state index contributed by atoms with van der Waals surface area (Å²) >= 11 is 0. The number of carbonyl (C=O) groups excluding carboxylic acids is 14. The Labute approximate surface area is 779 Å². The Balaban J connectivity index is 0.844. The zero-order valence-electron chi connectivity index (χ0n) is 77.8. The van der Waals surface area contributed by atoms with Crippen LogP contribution in [0.4, 0.5) is 0 Å². The molecule has 32 nitrogen and oxygen atoms in total. The van der Waals surface area contributed by atoms with Crippen LogP contribution in [0.1, 0.15) is 201 Å². The highest BCUT2D eigenvalue weighted by Crippen LogP contribution is 2.69. The summed E-state index contributed by atoms with van der Waals surface area (Å²) in [4.78, 5) is 214. The summed E-state index contributed by atoms with van der Waals surface area (Å²) in [7, 11) is 0. The summed E-state index contributed by atoms with van der Waals surface area (Å²) in [5, 5.41) is 34.9. The van der Waals surface area contributed by atoms with Crippen LogP contribution in [0.2, 0.25) is 0 Å². The number of amides is 2. The van der Waals surface area contributed by atoms with Crippen molar-refractivity contribution >= 4 is 83.1 Å². The van der Waals surface area contributed by atoms with E-state index in [1.165, 1.54) is 152 Å². The summed E-state index contributed by atoms with van der Waals surface area (Å²) in [5.41, 5.74) is -16.5. The second kappa shape index (κ2) is 36.6. The molecule has 4 bridgehead atoms. The van der Waals surface area contributed by atoms with Crippen LogP contribution in [0.5, 0.6) is 0 Å². The summed E-state index contributed by atoms with van der Waals surface area (Å²) in [6, 6.07) is 42.3. The molecule has 6 aliphatic carbocycles. The molecule has 3 saturated heterocycles. The third-order valence-electron chi connectivity index (χ3n) is 29.9. The van der Waals surface area contributed by atoms with E-state index in [-0.39, 0.29) is 81.7 Å². The molecule has 9 aliphatic rings. The number of esters is 10. The predicted molar refractivity (Wildman–Crippen MR) is 473 cm³/mol. The van der Waals surface area contributed by atoms with E-state index in [2.05, 4.69) is 10.6 Å². The molecule has 0 radical (unpaired) electrons. The summed E-state index contributed by atoms with van der Waals surface area (Å²) in [6.45, 7) is 21.9. The molecule has 714 valence electrons. The van der Waals surface area contributed by atoms with Gasteiger partial charge in [-0.15, -0.1) is 0 Å². The van der Waals surface area contributed by atoms with Gasteiger partial charge in [-0.05, 0) is 134 Å². The van der Waals surface area contributed by atoms with Crippen molar-refractivity contribution in [1.29, 1.82) is 0 Å². The number of Topliss-reactive ketones (excluding diaryl/α,β-unsaturated/α-hetero) is 2. The Kier molecular flexibility index (Phi) is 26.4. The lowest BCUT2D eigenvalue weighted by molar-refractivity contribution is -0.340. The van der Waals surface area contributed by atoms with Crippen molar-refractivity contribution < 1.29 is 144 Å². The van der Waals surface area contributed by atoms with Gasteiger partial charge in [0.15, 0.2) is 53.0 Å². The number of rotatable bonds is 24. The smallest absolute Gasteiger partial charge is 0.350 e. The second-order valence-electron chi connectivity index (χ2n) is 38.8. The molecule has 6 aromatic rings. The van der Waals surface area contributed by atoms with Crippen molar-refractivity contribution in [2.45, 2.75) is 250 Å². The second-order valence-corrected chi connectivity index (χ2v) is 38.8. The highest BCUT2D eigenvalue weighted by molar-refractivity contribution is 5.99. The van der Waals surface area contributed by atoms with Gasteiger partial charge in [0.05, 0.1) is 36.2 Å². The Morgan fingerprint density at radius 3 is 1.00 bits per heavy atom. The third kappa shape index (κ3) is 17.0. The first-order valence-corrected chi connectivity index (χ1v) is 45.1. The molecule has 135 heavy (non-hydrogen) atoms. The van der Waals surface area contributed by atoms with Gasteiger partial charge in [0.2, 0.25) is 12.2 Å². The van der Waals surface area contributed by atoms with Crippen molar-refractivity contribution in [2.24, 2.45) is 45.3 Å². The topological polar surface area (TPSA) is 433 Å². The van der Waals surface area contributed by atoms with Gasteiger partial charge in [0.1, 0.15) is 59.9 Å². The van der Waals surface area contributed by atoms with E-state index in [1.54, 1.807) is 113 Å². The first-order valence-electron chi connectivity index (χ1n) is 45.1. The van der Waals surface area contributed by atoms with Crippen LogP contribution in [-0.2, 0) is 114 Å². The van der Waals surface area contributed by atoms with Crippen LogP contribution in [-0.4, -0.2) is 208 Å². The van der Waals surface area contributed by atoms with E-state index in [4.69, 9.17) is 66.3 Å². The number of carbonyl (C=O) groups is 14. The first-order chi connectivity index (χ1) is 63.7. The minimum Gasteiger partial charge on any atom is -0.455 e. The lowest BCUT2D eigenvalue weighted by Gasteiger charge is -2.68. The molecule has 32 heteroatoms. The van der Waals surface area contributed by atoms with E-state index in [1.807, 2.05) is 0 Å². The lowest BCUT2D eigenvalue weighted by atomic mass is 9.43. The Hall–Kier alpha value is -12.5. The fourth-order valence-electron chi connectivity index (χ4n) is 22.7. The van der Waals surface area contributed by atoms with Crippen molar-refractivity contribution in [3.63, 3.8) is 0 Å². The minimum absolute atomic E-state index is 0.000973. The maximum absolute atomic E-state index is 16.6. The predicted octanol–water partition coefficient (Wildman–Crippen LogP) is 10.7. The fraction of sp³-hybridized carbons (Fsp3) is 0.476. The molecule has 3 heterocycles. The van der Waals surface area contributed by atoms with Gasteiger partial charge in [-0.1, -0.05) is 189 Å². The third-order valence-corrected chi connectivity index (χ3v) is 29.9. The Morgan fingerprint density at radius 2 is 0.711 bits per heavy atom. The maximum Gasteiger partial charge on any atom is 0.350 e. The van der Waals surface area contributed by atoms with Crippen LogP contribution < -0.4 is 10.6 Å². The SMILES string of the molecule is CC(=O)O[C@H]1C(=O)[C@@]2(C)C([C@H](OC(=O)c3ccccc3)[C@]3(O)C[C@H](OC(=O)[C@H](OC(=O)[C@@H]4OC(C)(C)O[C@H]4C(=O)O[C@@H](C(=O)O[C@H]4C[C@@]5(O)[C@@H](OC(=O)c6ccccc6)C6[C@](C)(C(=O)[C@H](OC(C)=O)C(=C4C)C5(C)C)[C@@H](C)C[C@H]4OC[C@@]64OC(C)=O)[C@@H](NC(=O)c4ccccc4)c4ccccc4)[C@H](NC(=O)c4ccccc4)c4ccccc4)C(C)=C1C3(C)C)[C@]1(OC(C)=O)CO[C@@H]1C[C@@H]2C. The Bertz CT molecular complexity index is 5400. The van der Waals surface area contributed by atoms with E-state index in [0.717, 1.165) is 27.7 Å². The zero-order chi connectivity index (χ0) is 97.5. The van der Waals surface area contributed by atoms with E-state index >= 15 is 38.4 Å². The maximum atomic E-state index is 16.6. The van der Waals surface area contributed by atoms with E-state index in [0.29, 0.717) is 0 Å². The normalized spacial score (nSPS) is 32.3. The molecule has 2 unspecified atom stereocenters. The van der Waals surface area contributed by atoms with Gasteiger partial charge in [0, 0.05) is 73.3 Å². The average Bonchev–Trinajstić information content (AvgIpc) is 0.845. The summed E-state index contributed by atoms with van der Waals surface area (Å²) in [6.07, 6.45) is -24.5. The van der Waals surface area contributed by atoms with Gasteiger partial charge in [0.25, 0.3) is 11.8 Å². The number of aliphatic hydroxyl groups is 2. The number of ether oxygens (including phenoxy) is 14. The molecular weight excluding hydrogens is 1750 g/mol. The molecular formula is C103H112N2O30. The zero-order valence-corrected chi connectivity index (χ0v) is 77.8. The van der Waals surface area contributed by atoms with Gasteiger partial charge < -0.3 is 87.2 Å². The molecule has 0 aromatic heterocycles. The number of fused-ring (bicyclic) bond motifs is 10.